The molecule has 1 aliphatic heterocycles. The Morgan fingerprint density at radius 2 is 1.73 bits per heavy atom. The third-order valence-corrected chi connectivity index (χ3v) is 6.72. The SMILES string of the molecule is O=S(=O)(c1ccc(CNc2nc(C(F)F)nc3ccccc23)cc1)N1CCOCC1. The van der Waals surface area contributed by atoms with Crippen LogP contribution in [0.3, 0.4) is 0 Å². The van der Waals surface area contributed by atoms with Crippen molar-refractivity contribution in [3.8, 4) is 0 Å². The Kier molecular flexibility index (Phi) is 5.89. The predicted molar refractivity (Wildman–Crippen MR) is 108 cm³/mol. The van der Waals surface area contributed by atoms with Gasteiger partial charge in [-0.05, 0) is 29.8 Å². The van der Waals surface area contributed by atoms with Crippen LogP contribution in [0.4, 0.5) is 14.6 Å². The van der Waals surface area contributed by atoms with E-state index in [9.17, 15) is 17.2 Å². The first-order valence-electron chi connectivity index (χ1n) is 9.41. The molecule has 0 saturated carbocycles. The fraction of sp³-hybridized carbons (Fsp3) is 0.300. The average molecular weight is 434 g/mol. The second kappa shape index (κ2) is 8.58. The summed E-state index contributed by atoms with van der Waals surface area (Å²) in [6.45, 7) is 1.73. The number of fused-ring (bicyclic) bond motifs is 1. The molecule has 1 saturated heterocycles. The Morgan fingerprint density at radius 3 is 2.43 bits per heavy atom. The maximum atomic E-state index is 13.1. The van der Waals surface area contributed by atoms with Crippen LogP contribution >= 0.6 is 0 Å². The summed E-state index contributed by atoms with van der Waals surface area (Å²) < 4.78 is 58.2. The van der Waals surface area contributed by atoms with E-state index in [-0.39, 0.29) is 4.90 Å². The predicted octanol–water partition coefficient (Wildman–Crippen LogP) is 3.20. The molecule has 7 nitrogen and oxygen atoms in total. The molecule has 1 fully saturated rings. The van der Waals surface area contributed by atoms with Crippen molar-refractivity contribution in [3.05, 3.63) is 59.9 Å². The van der Waals surface area contributed by atoms with E-state index in [4.69, 9.17) is 4.74 Å². The zero-order valence-electron chi connectivity index (χ0n) is 16.0. The highest BCUT2D eigenvalue weighted by Crippen LogP contribution is 2.25. The van der Waals surface area contributed by atoms with Crippen LogP contribution in [0.1, 0.15) is 17.8 Å². The number of sulfonamides is 1. The van der Waals surface area contributed by atoms with Gasteiger partial charge in [-0.2, -0.15) is 4.31 Å². The van der Waals surface area contributed by atoms with Gasteiger partial charge in [-0.3, -0.25) is 0 Å². The molecule has 0 amide bonds. The minimum Gasteiger partial charge on any atom is -0.379 e. The molecule has 0 spiro atoms. The Labute approximate surface area is 172 Å². The molecule has 1 N–H and O–H groups in total. The number of rotatable bonds is 6. The van der Waals surface area contributed by atoms with Crippen molar-refractivity contribution in [2.24, 2.45) is 0 Å². The molecule has 2 aromatic carbocycles. The van der Waals surface area contributed by atoms with Crippen LogP contribution in [0.5, 0.6) is 0 Å². The molecule has 30 heavy (non-hydrogen) atoms. The van der Waals surface area contributed by atoms with Crippen molar-refractivity contribution in [3.63, 3.8) is 0 Å². The number of nitrogens with zero attached hydrogens (tertiary/aromatic N) is 3. The lowest BCUT2D eigenvalue weighted by Gasteiger charge is -2.26. The fourth-order valence-corrected chi connectivity index (χ4v) is 4.64. The molecule has 0 unspecified atom stereocenters. The highest BCUT2D eigenvalue weighted by atomic mass is 32.2. The number of hydrogen-bond donors (Lipinski definition) is 1. The molecule has 0 atom stereocenters. The Bertz CT molecular complexity index is 1130. The number of anilines is 1. The molecular formula is C20H20F2N4O3S. The van der Waals surface area contributed by atoms with E-state index in [0.29, 0.717) is 49.6 Å². The molecule has 0 radical (unpaired) electrons. The Balaban J connectivity index is 1.52. The Hall–Kier alpha value is -2.69. The van der Waals surface area contributed by atoms with Gasteiger partial charge in [-0.15, -0.1) is 0 Å². The second-order valence-electron chi connectivity index (χ2n) is 6.76. The van der Waals surface area contributed by atoms with Gasteiger partial charge in [0.15, 0.2) is 5.82 Å². The number of benzene rings is 2. The van der Waals surface area contributed by atoms with Gasteiger partial charge in [0.25, 0.3) is 6.43 Å². The lowest BCUT2D eigenvalue weighted by molar-refractivity contribution is 0.0730. The van der Waals surface area contributed by atoms with Gasteiger partial charge in [-0.25, -0.2) is 27.2 Å². The van der Waals surface area contributed by atoms with Gasteiger partial charge < -0.3 is 10.1 Å². The van der Waals surface area contributed by atoms with Crippen LogP contribution in [0.25, 0.3) is 10.9 Å². The second-order valence-corrected chi connectivity index (χ2v) is 8.70. The topological polar surface area (TPSA) is 84.4 Å². The molecule has 4 rings (SSSR count). The van der Waals surface area contributed by atoms with E-state index in [1.807, 2.05) is 0 Å². The zero-order chi connectivity index (χ0) is 21.1. The van der Waals surface area contributed by atoms with Crippen molar-refractivity contribution in [2.75, 3.05) is 31.6 Å². The number of aromatic nitrogens is 2. The number of ether oxygens (including phenoxy) is 1. The summed E-state index contributed by atoms with van der Waals surface area (Å²) in [6, 6.07) is 13.4. The number of nitrogens with one attached hydrogen (secondary N) is 1. The highest BCUT2D eigenvalue weighted by molar-refractivity contribution is 7.89. The zero-order valence-corrected chi connectivity index (χ0v) is 16.8. The summed E-state index contributed by atoms with van der Waals surface area (Å²) >= 11 is 0. The number of halogens is 2. The molecular weight excluding hydrogens is 414 g/mol. The van der Waals surface area contributed by atoms with Gasteiger partial charge >= 0.3 is 0 Å². The maximum absolute atomic E-state index is 13.1. The largest absolute Gasteiger partial charge is 0.379 e. The summed E-state index contributed by atoms with van der Waals surface area (Å²) in [5.41, 5.74) is 1.22. The molecule has 158 valence electrons. The fourth-order valence-electron chi connectivity index (χ4n) is 3.23. The van der Waals surface area contributed by atoms with Crippen molar-refractivity contribution in [1.82, 2.24) is 14.3 Å². The third-order valence-electron chi connectivity index (χ3n) is 4.81. The van der Waals surface area contributed by atoms with Gasteiger partial charge in [0.2, 0.25) is 10.0 Å². The summed E-state index contributed by atoms with van der Waals surface area (Å²) in [7, 11) is -3.56. The number of morpholine rings is 1. The van der Waals surface area contributed by atoms with E-state index < -0.39 is 22.3 Å². The van der Waals surface area contributed by atoms with Gasteiger partial charge in [0.05, 0.1) is 23.6 Å². The van der Waals surface area contributed by atoms with E-state index in [1.165, 1.54) is 4.31 Å². The van der Waals surface area contributed by atoms with Crippen LogP contribution in [0.2, 0.25) is 0 Å². The summed E-state index contributed by atoms with van der Waals surface area (Å²) in [5, 5.41) is 3.69. The summed E-state index contributed by atoms with van der Waals surface area (Å²) in [6.07, 6.45) is -2.78. The molecule has 1 aromatic heterocycles. The lowest BCUT2D eigenvalue weighted by atomic mass is 10.2. The van der Waals surface area contributed by atoms with E-state index in [1.54, 1.807) is 48.5 Å². The average Bonchev–Trinajstić information content (AvgIpc) is 2.78. The van der Waals surface area contributed by atoms with Crippen LogP contribution in [0, 0.1) is 0 Å². The van der Waals surface area contributed by atoms with E-state index in [2.05, 4.69) is 15.3 Å². The van der Waals surface area contributed by atoms with E-state index in [0.717, 1.165) is 5.56 Å². The molecule has 0 bridgehead atoms. The summed E-state index contributed by atoms with van der Waals surface area (Å²) in [4.78, 5) is 8.05. The van der Waals surface area contributed by atoms with E-state index >= 15 is 0 Å². The maximum Gasteiger partial charge on any atom is 0.297 e. The standard InChI is InChI=1S/C20H20F2N4O3S/c21-18(22)20-24-17-4-2-1-3-16(17)19(25-20)23-13-14-5-7-15(8-6-14)30(27,28)26-9-11-29-12-10-26/h1-8,18H,9-13H2,(H,23,24,25). The highest BCUT2D eigenvalue weighted by Gasteiger charge is 2.26. The monoisotopic (exact) mass is 434 g/mol. The quantitative estimate of drug-likeness (QED) is 0.642. The third kappa shape index (κ3) is 4.25. The van der Waals surface area contributed by atoms with Crippen LogP contribution in [-0.2, 0) is 21.3 Å². The van der Waals surface area contributed by atoms with Crippen LogP contribution in [-0.4, -0.2) is 49.0 Å². The van der Waals surface area contributed by atoms with Gasteiger partial charge in [0.1, 0.15) is 5.82 Å². The molecule has 2 heterocycles. The first-order chi connectivity index (χ1) is 14.4. The first kappa shape index (κ1) is 20.6. The van der Waals surface area contributed by atoms with Gasteiger partial charge in [0, 0.05) is 25.0 Å². The van der Waals surface area contributed by atoms with Crippen LogP contribution < -0.4 is 5.32 Å². The summed E-state index contributed by atoms with van der Waals surface area (Å²) in [5.74, 6) is -0.232. The lowest BCUT2D eigenvalue weighted by Crippen LogP contribution is -2.40. The van der Waals surface area contributed by atoms with Crippen molar-refractivity contribution in [1.29, 1.82) is 0 Å². The minimum absolute atomic E-state index is 0.209. The van der Waals surface area contributed by atoms with Crippen molar-refractivity contribution < 1.29 is 21.9 Å². The van der Waals surface area contributed by atoms with Crippen molar-refractivity contribution >= 4 is 26.7 Å². The normalized spacial score (nSPS) is 15.6. The van der Waals surface area contributed by atoms with Crippen molar-refractivity contribution in [2.45, 2.75) is 17.9 Å². The smallest absolute Gasteiger partial charge is 0.297 e. The number of hydrogen-bond acceptors (Lipinski definition) is 6. The number of alkyl halides is 2. The first-order valence-corrected chi connectivity index (χ1v) is 10.8. The van der Waals surface area contributed by atoms with Gasteiger partial charge in [-0.1, -0.05) is 24.3 Å². The Morgan fingerprint density at radius 1 is 1.03 bits per heavy atom. The molecule has 1 aliphatic rings. The molecule has 3 aromatic rings. The van der Waals surface area contributed by atoms with Crippen LogP contribution in [0.15, 0.2) is 53.4 Å². The molecule has 10 heteroatoms. The minimum atomic E-state index is -3.56. The number of para-hydroxylation sites is 1. The molecule has 0 aliphatic carbocycles.